The van der Waals surface area contributed by atoms with Crippen molar-refractivity contribution in [1.29, 1.82) is 0 Å². The fourth-order valence-corrected chi connectivity index (χ4v) is 6.02. The molecule has 4 aromatic rings. The highest BCUT2D eigenvalue weighted by atomic mass is 16.5. The van der Waals surface area contributed by atoms with Crippen LogP contribution in [0.15, 0.2) is 84.9 Å². The Labute approximate surface area is 257 Å². The van der Waals surface area contributed by atoms with Gasteiger partial charge in [-0.1, -0.05) is 66.7 Å². The van der Waals surface area contributed by atoms with Gasteiger partial charge in [-0.25, -0.2) is 4.79 Å². The molecule has 44 heavy (non-hydrogen) atoms. The summed E-state index contributed by atoms with van der Waals surface area (Å²) in [4.78, 5) is 36.8. The first-order valence-electron chi connectivity index (χ1n) is 15.1. The predicted octanol–water partition coefficient (Wildman–Crippen LogP) is 4.82. The van der Waals surface area contributed by atoms with Gasteiger partial charge in [0.1, 0.15) is 0 Å². The van der Waals surface area contributed by atoms with Gasteiger partial charge in [0.05, 0.1) is 37.2 Å². The summed E-state index contributed by atoms with van der Waals surface area (Å²) in [5.74, 6) is -0.251. The maximum Gasteiger partial charge on any atom is 0.407 e. The minimum atomic E-state index is -0.983. The number of hydrogen-bond acceptors (Lipinski definition) is 6. The largest absolute Gasteiger partial charge is 0.465 e. The number of carbonyl (C=O) groups excluding carboxylic acids is 1. The monoisotopic (exact) mass is 595 g/mol. The fourth-order valence-electron chi connectivity index (χ4n) is 6.02. The van der Waals surface area contributed by atoms with Crippen LogP contribution in [-0.2, 0) is 11.2 Å². The number of ether oxygens (including phenoxy) is 2. The van der Waals surface area contributed by atoms with Gasteiger partial charge >= 0.3 is 12.1 Å². The average Bonchev–Trinajstić information content (AvgIpc) is 3.45. The van der Waals surface area contributed by atoms with Crippen LogP contribution in [0.2, 0.25) is 0 Å². The third-order valence-corrected chi connectivity index (χ3v) is 8.16. The van der Waals surface area contributed by atoms with Crippen LogP contribution in [0.25, 0.3) is 16.9 Å². The molecule has 228 valence electrons. The van der Waals surface area contributed by atoms with Crippen molar-refractivity contribution in [2.75, 3.05) is 57.4 Å². The number of carbonyl (C=O) groups is 2. The van der Waals surface area contributed by atoms with E-state index in [0.29, 0.717) is 37.9 Å². The highest BCUT2D eigenvalue weighted by Crippen LogP contribution is 2.35. The van der Waals surface area contributed by atoms with E-state index in [1.807, 2.05) is 84.3 Å². The van der Waals surface area contributed by atoms with E-state index >= 15 is 0 Å². The number of carboxylic acid groups (broad SMARTS) is 1. The molecule has 6 rings (SSSR count). The number of rotatable bonds is 8. The van der Waals surface area contributed by atoms with E-state index < -0.39 is 6.09 Å². The number of aromatic nitrogens is 2. The van der Waals surface area contributed by atoms with Crippen molar-refractivity contribution in [3.63, 3.8) is 0 Å². The molecule has 2 aliphatic heterocycles. The topological polar surface area (TPSA) is 100 Å². The minimum Gasteiger partial charge on any atom is -0.465 e. The lowest BCUT2D eigenvalue weighted by Crippen LogP contribution is -2.57. The Bertz CT molecular complexity index is 1590. The SMILES string of the molecule is CCOc1nc(C(=O)N2CCN(C(=O)O)C[C@H]2Cc2ccccc2)c(-c2ccccc2)n1-c1cccc(N2CCOCC2)c1. The molecular weight excluding hydrogens is 558 g/mol. The number of piperazine rings is 1. The molecule has 2 aliphatic rings. The van der Waals surface area contributed by atoms with Gasteiger partial charge in [0.2, 0.25) is 0 Å². The fraction of sp³-hybridized carbons (Fsp3) is 0.324. The zero-order valence-electron chi connectivity index (χ0n) is 24.8. The lowest BCUT2D eigenvalue weighted by atomic mass is 10.0. The van der Waals surface area contributed by atoms with Crippen molar-refractivity contribution >= 4 is 17.7 Å². The van der Waals surface area contributed by atoms with Crippen molar-refractivity contribution in [3.05, 3.63) is 96.2 Å². The molecule has 1 aromatic heterocycles. The molecular formula is C34H37N5O5. The van der Waals surface area contributed by atoms with Gasteiger partial charge in [-0.3, -0.25) is 9.36 Å². The van der Waals surface area contributed by atoms with Crippen LogP contribution in [-0.4, -0.2) is 95.0 Å². The zero-order chi connectivity index (χ0) is 30.5. The summed E-state index contributed by atoms with van der Waals surface area (Å²) < 4.78 is 13.6. The Hall–Kier alpha value is -4.83. The van der Waals surface area contributed by atoms with Gasteiger partial charge < -0.3 is 29.3 Å². The number of imidazole rings is 1. The second-order valence-corrected chi connectivity index (χ2v) is 10.9. The second-order valence-electron chi connectivity index (χ2n) is 10.9. The average molecular weight is 596 g/mol. The van der Waals surface area contributed by atoms with E-state index in [-0.39, 0.29) is 37.3 Å². The minimum absolute atomic E-state index is 0.220. The number of hydrogen-bond donors (Lipinski definition) is 1. The first-order valence-corrected chi connectivity index (χ1v) is 15.1. The predicted molar refractivity (Wildman–Crippen MR) is 168 cm³/mol. The van der Waals surface area contributed by atoms with Crippen LogP contribution in [0.5, 0.6) is 6.01 Å². The summed E-state index contributed by atoms with van der Waals surface area (Å²) >= 11 is 0. The summed E-state index contributed by atoms with van der Waals surface area (Å²) in [6, 6.07) is 27.8. The quantitative estimate of drug-likeness (QED) is 0.312. The van der Waals surface area contributed by atoms with Crippen molar-refractivity contribution in [2.45, 2.75) is 19.4 Å². The first-order chi connectivity index (χ1) is 21.5. The van der Waals surface area contributed by atoms with Crippen LogP contribution in [0.1, 0.15) is 23.0 Å². The highest BCUT2D eigenvalue weighted by Gasteiger charge is 2.36. The zero-order valence-corrected chi connectivity index (χ0v) is 24.8. The molecule has 3 aromatic carbocycles. The van der Waals surface area contributed by atoms with Crippen molar-refractivity contribution in [3.8, 4) is 23.0 Å². The van der Waals surface area contributed by atoms with Crippen molar-refractivity contribution in [2.24, 2.45) is 0 Å². The molecule has 0 unspecified atom stereocenters. The number of nitrogens with zero attached hydrogens (tertiary/aromatic N) is 5. The molecule has 0 spiro atoms. The lowest BCUT2D eigenvalue weighted by Gasteiger charge is -2.40. The molecule has 10 heteroatoms. The van der Waals surface area contributed by atoms with Crippen LogP contribution in [0.4, 0.5) is 10.5 Å². The van der Waals surface area contributed by atoms with Crippen LogP contribution in [0, 0.1) is 0 Å². The van der Waals surface area contributed by atoms with Crippen LogP contribution in [0.3, 0.4) is 0 Å². The van der Waals surface area contributed by atoms with E-state index in [1.165, 1.54) is 4.90 Å². The molecule has 1 N–H and O–H groups in total. The smallest absolute Gasteiger partial charge is 0.407 e. The molecule has 3 heterocycles. The molecule has 2 fully saturated rings. The van der Waals surface area contributed by atoms with Crippen molar-refractivity contribution in [1.82, 2.24) is 19.4 Å². The molecule has 1 atom stereocenters. The molecule has 0 radical (unpaired) electrons. The van der Waals surface area contributed by atoms with Gasteiger partial charge in [-0.05, 0) is 37.1 Å². The van der Waals surface area contributed by atoms with Gasteiger partial charge in [-0.2, -0.15) is 4.98 Å². The van der Waals surface area contributed by atoms with E-state index in [4.69, 9.17) is 14.5 Å². The van der Waals surface area contributed by atoms with E-state index in [0.717, 1.165) is 35.6 Å². The third-order valence-electron chi connectivity index (χ3n) is 8.16. The molecule has 2 amide bonds. The van der Waals surface area contributed by atoms with Gasteiger partial charge in [0.15, 0.2) is 5.69 Å². The number of anilines is 1. The first kappa shape index (κ1) is 29.3. The van der Waals surface area contributed by atoms with E-state index in [2.05, 4.69) is 17.0 Å². The number of benzene rings is 3. The summed E-state index contributed by atoms with van der Waals surface area (Å²) in [5, 5.41) is 9.78. The highest BCUT2D eigenvalue weighted by molar-refractivity contribution is 5.99. The van der Waals surface area contributed by atoms with Gasteiger partial charge in [-0.15, -0.1) is 0 Å². The number of morpholine rings is 1. The second kappa shape index (κ2) is 13.2. The van der Waals surface area contributed by atoms with Crippen LogP contribution < -0.4 is 9.64 Å². The molecule has 0 saturated carbocycles. The third kappa shape index (κ3) is 6.12. The van der Waals surface area contributed by atoms with E-state index in [9.17, 15) is 14.7 Å². The summed E-state index contributed by atoms with van der Waals surface area (Å²) in [7, 11) is 0. The normalized spacial score (nSPS) is 17.0. The van der Waals surface area contributed by atoms with Crippen molar-refractivity contribution < 1.29 is 24.2 Å². The van der Waals surface area contributed by atoms with Gasteiger partial charge in [0, 0.05) is 44.0 Å². The number of amides is 2. The Balaban J connectivity index is 1.45. The Morgan fingerprint density at radius 2 is 1.61 bits per heavy atom. The maximum absolute atomic E-state index is 14.6. The summed E-state index contributed by atoms with van der Waals surface area (Å²) in [6.45, 7) is 5.92. The lowest BCUT2D eigenvalue weighted by molar-refractivity contribution is 0.0446. The summed E-state index contributed by atoms with van der Waals surface area (Å²) in [5.41, 5.74) is 4.66. The van der Waals surface area contributed by atoms with E-state index in [1.54, 1.807) is 4.90 Å². The Morgan fingerprint density at radius 1 is 0.909 bits per heavy atom. The standard InChI is InChI=1S/C34H37N5O5/c1-2-44-33-35-30(32(40)38-17-16-37(34(41)42)24-29(38)22-25-10-5-3-6-11-25)31(26-12-7-4-8-13-26)39(33)28-15-9-14-27(23-28)36-18-20-43-21-19-36/h3-15,23,29H,2,16-22,24H2,1H3,(H,41,42)/t29-/m1/s1. The van der Waals surface area contributed by atoms with Crippen LogP contribution >= 0.6 is 0 Å². The Kier molecular flexibility index (Phi) is 8.79. The molecule has 10 nitrogen and oxygen atoms in total. The molecule has 2 saturated heterocycles. The summed E-state index contributed by atoms with van der Waals surface area (Å²) in [6.07, 6.45) is -0.458. The Morgan fingerprint density at radius 3 is 2.32 bits per heavy atom. The molecule has 0 aliphatic carbocycles. The van der Waals surface area contributed by atoms with Gasteiger partial charge in [0.25, 0.3) is 5.91 Å². The molecule has 0 bridgehead atoms. The maximum atomic E-state index is 14.6.